The van der Waals surface area contributed by atoms with Gasteiger partial charge in [-0.05, 0) is 23.6 Å². The average Bonchev–Trinajstić information content (AvgIpc) is 2.95. The SMILES string of the molecule is CC(C)c1cccc(S(=O)(=O)N2CC(n3cc(C(N)=O)nn3)C2)c1. The molecule has 0 spiro atoms. The molecule has 0 atom stereocenters. The Morgan fingerprint density at radius 1 is 1.33 bits per heavy atom. The highest BCUT2D eigenvalue weighted by Crippen LogP contribution is 2.29. The lowest BCUT2D eigenvalue weighted by Gasteiger charge is -2.37. The van der Waals surface area contributed by atoms with E-state index in [1.54, 1.807) is 18.2 Å². The highest BCUT2D eigenvalue weighted by Gasteiger charge is 2.38. The third-order valence-corrected chi connectivity index (χ3v) is 5.96. The molecule has 9 heteroatoms. The molecule has 1 aliphatic heterocycles. The van der Waals surface area contributed by atoms with Crippen LogP contribution in [0.25, 0.3) is 0 Å². The van der Waals surface area contributed by atoms with Crippen molar-refractivity contribution in [3.63, 3.8) is 0 Å². The highest BCUT2D eigenvalue weighted by atomic mass is 32.2. The number of nitrogens with two attached hydrogens (primary N) is 1. The standard InChI is InChI=1S/C15H19N5O3S/c1-10(2)11-4-3-5-13(6-11)24(22,23)19-7-12(8-19)20-9-14(15(16)21)17-18-20/h3-6,9-10,12H,7-8H2,1-2H3,(H2,16,21). The lowest BCUT2D eigenvalue weighted by atomic mass is 10.0. The molecule has 0 saturated carbocycles. The number of hydrogen-bond donors (Lipinski definition) is 1. The van der Waals surface area contributed by atoms with Gasteiger partial charge in [0.15, 0.2) is 5.69 Å². The largest absolute Gasteiger partial charge is 0.364 e. The first-order chi connectivity index (χ1) is 11.3. The van der Waals surface area contributed by atoms with Crippen LogP contribution in [-0.2, 0) is 10.0 Å². The number of benzene rings is 1. The van der Waals surface area contributed by atoms with Gasteiger partial charge in [0.2, 0.25) is 10.0 Å². The van der Waals surface area contributed by atoms with Gasteiger partial charge in [-0.15, -0.1) is 5.10 Å². The molecule has 2 aromatic rings. The van der Waals surface area contributed by atoms with Crippen LogP contribution in [0.3, 0.4) is 0 Å². The fraction of sp³-hybridized carbons (Fsp3) is 0.400. The van der Waals surface area contributed by atoms with E-state index in [0.29, 0.717) is 4.90 Å². The van der Waals surface area contributed by atoms with Crippen LogP contribution >= 0.6 is 0 Å². The summed E-state index contributed by atoms with van der Waals surface area (Å²) in [5.74, 6) is -0.401. The Hall–Kier alpha value is -2.26. The summed E-state index contributed by atoms with van der Waals surface area (Å²) in [5, 5.41) is 7.50. The summed E-state index contributed by atoms with van der Waals surface area (Å²) in [7, 11) is -3.53. The van der Waals surface area contributed by atoms with Gasteiger partial charge in [-0.25, -0.2) is 13.1 Å². The summed E-state index contributed by atoms with van der Waals surface area (Å²) >= 11 is 0. The number of nitrogens with zero attached hydrogens (tertiary/aromatic N) is 4. The van der Waals surface area contributed by atoms with Gasteiger partial charge in [-0.2, -0.15) is 4.31 Å². The van der Waals surface area contributed by atoms with E-state index in [1.807, 2.05) is 19.9 Å². The number of hydrogen-bond acceptors (Lipinski definition) is 5. The molecule has 24 heavy (non-hydrogen) atoms. The molecule has 1 fully saturated rings. The van der Waals surface area contributed by atoms with Crippen LogP contribution in [0.1, 0.15) is 41.9 Å². The lowest BCUT2D eigenvalue weighted by molar-refractivity contribution is 0.0995. The Balaban J connectivity index is 1.74. The van der Waals surface area contributed by atoms with Gasteiger partial charge < -0.3 is 5.73 Å². The van der Waals surface area contributed by atoms with E-state index in [4.69, 9.17) is 5.73 Å². The van der Waals surface area contributed by atoms with Crippen molar-refractivity contribution in [1.82, 2.24) is 19.3 Å². The zero-order chi connectivity index (χ0) is 17.5. The van der Waals surface area contributed by atoms with E-state index < -0.39 is 15.9 Å². The first-order valence-corrected chi connectivity index (χ1v) is 9.05. The van der Waals surface area contributed by atoms with Crippen LogP contribution < -0.4 is 5.73 Å². The predicted octanol–water partition coefficient (Wildman–Crippen LogP) is 0.746. The third-order valence-electron chi connectivity index (χ3n) is 4.13. The smallest absolute Gasteiger partial charge is 0.270 e. The summed E-state index contributed by atoms with van der Waals surface area (Å²) < 4.78 is 28.2. The van der Waals surface area contributed by atoms with Crippen molar-refractivity contribution < 1.29 is 13.2 Å². The zero-order valence-electron chi connectivity index (χ0n) is 13.5. The van der Waals surface area contributed by atoms with Crippen LogP contribution in [0, 0.1) is 0 Å². The molecule has 1 amide bonds. The Bertz CT molecular complexity index is 869. The minimum atomic E-state index is -3.53. The average molecular weight is 349 g/mol. The lowest BCUT2D eigenvalue weighted by Crippen LogP contribution is -2.50. The molecule has 2 N–H and O–H groups in total. The fourth-order valence-corrected chi connectivity index (χ4v) is 4.10. The van der Waals surface area contributed by atoms with Crippen LogP contribution in [-0.4, -0.2) is 46.7 Å². The summed E-state index contributed by atoms with van der Waals surface area (Å²) in [4.78, 5) is 11.3. The normalized spacial score (nSPS) is 16.3. The molecule has 0 radical (unpaired) electrons. The molecule has 1 aliphatic rings. The summed E-state index contributed by atoms with van der Waals surface area (Å²) in [6, 6.07) is 6.86. The number of amides is 1. The third kappa shape index (κ3) is 2.92. The summed E-state index contributed by atoms with van der Waals surface area (Å²) in [6.07, 6.45) is 1.44. The van der Waals surface area contributed by atoms with Gasteiger partial charge in [-0.1, -0.05) is 31.2 Å². The highest BCUT2D eigenvalue weighted by molar-refractivity contribution is 7.89. The predicted molar refractivity (Wildman–Crippen MR) is 86.9 cm³/mol. The van der Waals surface area contributed by atoms with Crippen molar-refractivity contribution in [3.05, 3.63) is 41.7 Å². The van der Waals surface area contributed by atoms with E-state index in [0.717, 1.165) is 5.56 Å². The minimum Gasteiger partial charge on any atom is -0.364 e. The van der Waals surface area contributed by atoms with Gasteiger partial charge in [0.1, 0.15) is 0 Å². The molecule has 128 valence electrons. The number of primary amides is 1. The molecular weight excluding hydrogens is 330 g/mol. The van der Waals surface area contributed by atoms with Crippen LogP contribution in [0.2, 0.25) is 0 Å². The Kier molecular flexibility index (Phi) is 4.14. The molecule has 2 heterocycles. The van der Waals surface area contributed by atoms with E-state index >= 15 is 0 Å². The van der Waals surface area contributed by atoms with Crippen molar-refractivity contribution in [1.29, 1.82) is 0 Å². The minimum absolute atomic E-state index is 0.0703. The molecule has 1 aromatic heterocycles. The van der Waals surface area contributed by atoms with Crippen molar-refractivity contribution in [3.8, 4) is 0 Å². The first kappa shape index (κ1) is 16.6. The van der Waals surface area contributed by atoms with E-state index in [9.17, 15) is 13.2 Å². The van der Waals surface area contributed by atoms with Crippen LogP contribution in [0.4, 0.5) is 0 Å². The topological polar surface area (TPSA) is 111 Å². The van der Waals surface area contributed by atoms with Crippen molar-refractivity contribution in [2.75, 3.05) is 13.1 Å². The van der Waals surface area contributed by atoms with E-state index in [1.165, 1.54) is 15.2 Å². The maximum absolute atomic E-state index is 12.7. The van der Waals surface area contributed by atoms with Crippen molar-refractivity contribution >= 4 is 15.9 Å². The number of rotatable bonds is 5. The summed E-state index contributed by atoms with van der Waals surface area (Å²) in [5.41, 5.74) is 6.19. The summed E-state index contributed by atoms with van der Waals surface area (Å²) in [6.45, 7) is 4.62. The van der Waals surface area contributed by atoms with Crippen molar-refractivity contribution in [2.24, 2.45) is 5.73 Å². The van der Waals surface area contributed by atoms with Gasteiger partial charge >= 0.3 is 0 Å². The molecule has 0 aliphatic carbocycles. The first-order valence-electron chi connectivity index (χ1n) is 7.61. The number of carbonyl (C=O) groups is 1. The van der Waals surface area contributed by atoms with Crippen LogP contribution in [0.5, 0.6) is 0 Å². The molecule has 1 aromatic carbocycles. The quantitative estimate of drug-likeness (QED) is 0.856. The second kappa shape index (κ2) is 5.99. The number of sulfonamides is 1. The van der Waals surface area contributed by atoms with E-state index in [2.05, 4.69) is 10.3 Å². The number of aromatic nitrogens is 3. The monoisotopic (exact) mass is 349 g/mol. The van der Waals surface area contributed by atoms with Crippen LogP contribution in [0.15, 0.2) is 35.4 Å². The molecule has 0 unspecified atom stereocenters. The molecule has 1 saturated heterocycles. The Morgan fingerprint density at radius 3 is 2.62 bits per heavy atom. The number of carbonyl (C=O) groups excluding carboxylic acids is 1. The van der Waals surface area contributed by atoms with E-state index in [-0.39, 0.29) is 30.7 Å². The van der Waals surface area contributed by atoms with Crippen molar-refractivity contribution in [2.45, 2.75) is 30.7 Å². The second-order valence-corrected chi connectivity index (χ2v) is 8.09. The Labute approximate surface area is 140 Å². The maximum Gasteiger partial charge on any atom is 0.270 e. The van der Waals surface area contributed by atoms with Gasteiger partial charge in [-0.3, -0.25) is 4.79 Å². The fourth-order valence-electron chi connectivity index (χ4n) is 2.53. The van der Waals surface area contributed by atoms with Gasteiger partial charge in [0.25, 0.3) is 5.91 Å². The molecule has 0 bridgehead atoms. The van der Waals surface area contributed by atoms with Gasteiger partial charge in [0.05, 0.1) is 17.1 Å². The van der Waals surface area contributed by atoms with Gasteiger partial charge in [0, 0.05) is 13.1 Å². The maximum atomic E-state index is 12.7. The Morgan fingerprint density at radius 2 is 2.04 bits per heavy atom. The second-order valence-electron chi connectivity index (χ2n) is 6.15. The molecule has 8 nitrogen and oxygen atoms in total. The molecular formula is C15H19N5O3S. The zero-order valence-corrected chi connectivity index (χ0v) is 14.3. The molecule has 3 rings (SSSR count).